The standard InChI is InChI=1S/C27H42N4O4/c1-19(27(2,3)4)35-25(33)18-31-17-20-16-22(13-14-23(20)29-26(31)28)34-15-9-12-24(32)30(5)21-10-7-6-8-11-21/h13-14,16,19,21H,6-12,15,17-18H2,1-5H3,(H2,28,29)/p+1. The summed E-state index contributed by atoms with van der Waals surface area (Å²) in [6.07, 6.45) is 6.93. The van der Waals surface area contributed by atoms with E-state index in [0.29, 0.717) is 38.0 Å². The van der Waals surface area contributed by atoms with Crippen LogP contribution in [0.5, 0.6) is 5.75 Å². The predicted octanol–water partition coefficient (Wildman–Crippen LogP) is 3.87. The Bertz CT molecular complexity index is 932. The van der Waals surface area contributed by atoms with Gasteiger partial charge in [0.25, 0.3) is 0 Å². The fourth-order valence-electron chi connectivity index (χ4n) is 4.39. The van der Waals surface area contributed by atoms with Crippen LogP contribution in [0.15, 0.2) is 18.2 Å². The summed E-state index contributed by atoms with van der Waals surface area (Å²) >= 11 is 0. The third kappa shape index (κ3) is 7.61. The number of nitrogens with one attached hydrogen (secondary N) is 1. The second-order valence-electron chi connectivity index (χ2n) is 10.9. The number of benzene rings is 1. The first-order valence-corrected chi connectivity index (χ1v) is 12.9. The van der Waals surface area contributed by atoms with Gasteiger partial charge in [-0.15, -0.1) is 0 Å². The molecule has 35 heavy (non-hydrogen) atoms. The molecule has 0 bridgehead atoms. The van der Waals surface area contributed by atoms with E-state index in [2.05, 4.69) is 5.32 Å². The molecule has 3 N–H and O–H groups in total. The summed E-state index contributed by atoms with van der Waals surface area (Å²) in [5.74, 6) is 1.05. The molecule has 2 aliphatic rings. The molecule has 1 aromatic rings. The van der Waals surface area contributed by atoms with E-state index in [0.717, 1.165) is 29.8 Å². The number of ether oxygens (including phenoxy) is 2. The summed E-state index contributed by atoms with van der Waals surface area (Å²) in [7, 11) is 1.93. The summed E-state index contributed by atoms with van der Waals surface area (Å²) in [6, 6.07) is 6.17. The highest BCUT2D eigenvalue weighted by atomic mass is 16.5. The molecule has 0 aromatic heterocycles. The van der Waals surface area contributed by atoms with E-state index in [1.165, 1.54) is 19.3 Å². The number of rotatable bonds is 9. The van der Waals surface area contributed by atoms with Crippen molar-refractivity contribution >= 4 is 23.5 Å². The fourth-order valence-corrected chi connectivity index (χ4v) is 4.39. The highest BCUT2D eigenvalue weighted by Gasteiger charge is 2.27. The van der Waals surface area contributed by atoms with Gasteiger partial charge in [0, 0.05) is 25.1 Å². The summed E-state index contributed by atoms with van der Waals surface area (Å²) < 4.78 is 13.3. The molecule has 0 radical (unpaired) electrons. The first-order chi connectivity index (χ1) is 16.5. The quantitative estimate of drug-likeness (QED) is 0.312. The van der Waals surface area contributed by atoms with Crippen molar-refractivity contribution in [2.75, 3.05) is 25.5 Å². The zero-order chi connectivity index (χ0) is 25.6. The molecule has 1 unspecified atom stereocenters. The fraction of sp³-hybridized carbons (Fsp3) is 0.667. The lowest BCUT2D eigenvalue weighted by Crippen LogP contribution is -2.42. The molecule has 8 nitrogen and oxygen atoms in total. The Labute approximate surface area is 209 Å². The van der Waals surface area contributed by atoms with Crippen molar-refractivity contribution in [1.82, 2.24) is 4.90 Å². The van der Waals surface area contributed by atoms with Crippen molar-refractivity contribution in [3.63, 3.8) is 0 Å². The molecule has 1 fully saturated rings. The van der Waals surface area contributed by atoms with E-state index in [9.17, 15) is 9.59 Å². The van der Waals surface area contributed by atoms with Gasteiger partial charge in [0.15, 0.2) is 6.54 Å². The molecule has 1 aromatic carbocycles. The molecule has 1 saturated carbocycles. The highest BCUT2D eigenvalue weighted by molar-refractivity contribution is 5.91. The van der Waals surface area contributed by atoms with Crippen LogP contribution in [0.3, 0.4) is 0 Å². The van der Waals surface area contributed by atoms with Gasteiger partial charge in [0.1, 0.15) is 17.5 Å². The van der Waals surface area contributed by atoms with Crippen LogP contribution in [-0.4, -0.2) is 59.7 Å². The van der Waals surface area contributed by atoms with Gasteiger partial charge in [-0.25, -0.2) is 14.7 Å². The van der Waals surface area contributed by atoms with Gasteiger partial charge >= 0.3 is 11.9 Å². The minimum Gasteiger partial charge on any atom is -0.494 e. The van der Waals surface area contributed by atoms with Crippen LogP contribution in [0.2, 0.25) is 0 Å². The number of carbonyl (C=O) groups is 2. The maximum atomic E-state index is 12.5. The molecule has 3 rings (SSSR count). The number of nitrogens with zero attached hydrogens (tertiary/aromatic N) is 2. The molecule has 1 amide bonds. The summed E-state index contributed by atoms with van der Waals surface area (Å²) in [4.78, 5) is 26.9. The predicted molar refractivity (Wildman–Crippen MR) is 137 cm³/mol. The number of carbonyl (C=O) groups excluding carboxylic acids is 2. The van der Waals surface area contributed by atoms with Crippen LogP contribution >= 0.6 is 0 Å². The lowest BCUT2D eigenvalue weighted by atomic mass is 9.90. The van der Waals surface area contributed by atoms with Crippen LogP contribution in [0.1, 0.15) is 78.2 Å². The Balaban J connectivity index is 1.48. The molecule has 194 valence electrons. The monoisotopic (exact) mass is 487 g/mol. The van der Waals surface area contributed by atoms with Crippen molar-refractivity contribution in [3.8, 4) is 5.75 Å². The van der Waals surface area contributed by atoms with Crippen molar-refractivity contribution in [2.45, 2.75) is 91.3 Å². The first kappa shape index (κ1) is 26.8. The Morgan fingerprint density at radius 2 is 1.94 bits per heavy atom. The van der Waals surface area contributed by atoms with Crippen LogP contribution in [-0.2, 0) is 20.9 Å². The van der Waals surface area contributed by atoms with E-state index in [1.807, 2.05) is 57.8 Å². The average Bonchev–Trinajstić information content (AvgIpc) is 2.81. The normalized spacial score (nSPS) is 17.3. The van der Waals surface area contributed by atoms with Crippen molar-refractivity contribution in [2.24, 2.45) is 11.1 Å². The second kappa shape index (κ2) is 11.8. The number of anilines is 1. The van der Waals surface area contributed by atoms with Crippen molar-refractivity contribution in [3.05, 3.63) is 23.8 Å². The number of fused-ring (bicyclic) bond motifs is 1. The summed E-state index contributed by atoms with van der Waals surface area (Å²) in [5, 5.41) is 3.16. The summed E-state index contributed by atoms with van der Waals surface area (Å²) in [5.41, 5.74) is 7.92. The lowest BCUT2D eigenvalue weighted by molar-refractivity contribution is -0.537. The van der Waals surface area contributed by atoms with Crippen LogP contribution < -0.4 is 15.8 Å². The number of nitrogens with two attached hydrogens (primary N) is 1. The SMILES string of the molecule is CC(OC(=O)C[N+]1=C(N)Nc2ccc(OCCCC(=O)N(C)C3CCCCC3)cc2C1)C(C)(C)C. The third-order valence-corrected chi connectivity index (χ3v) is 7.21. The Hall–Kier alpha value is -2.77. The Morgan fingerprint density at radius 3 is 2.63 bits per heavy atom. The van der Waals surface area contributed by atoms with E-state index in [4.69, 9.17) is 15.2 Å². The zero-order valence-electron chi connectivity index (χ0n) is 22.1. The molecule has 0 spiro atoms. The molecule has 1 heterocycles. The molecule has 1 aliphatic carbocycles. The van der Waals surface area contributed by atoms with Crippen LogP contribution in [0, 0.1) is 5.41 Å². The number of amides is 1. The number of hydrogen-bond donors (Lipinski definition) is 2. The van der Waals surface area contributed by atoms with Crippen molar-refractivity contribution in [1.29, 1.82) is 0 Å². The van der Waals surface area contributed by atoms with E-state index >= 15 is 0 Å². The van der Waals surface area contributed by atoms with Crippen molar-refractivity contribution < 1.29 is 23.6 Å². The molecular weight excluding hydrogens is 444 g/mol. The minimum absolute atomic E-state index is 0.0698. The van der Waals surface area contributed by atoms with E-state index in [-0.39, 0.29) is 29.9 Å². The third-order valence-electron chi connectivity index (χ3n) is 7.21. The van der Waals surface area contributed by atoms with Gasteiger partial charge in [-0.3, -0.25) is 10.5 Å². The molecule has 1 aliphatic heterocycles. The average molecular weight is 488 g/mol. The van der Waals surface area contributed by atoms with E-state index < -0.39 is 0 Å². The van der Waals surface area contributed by atoms with Crippen LogP contribution in [0.25, 0.3) is 0 Å². The van der Waals surface area contributed by atoms with Gasteiger partial charge in [-0.05, 0) is 49.8 Å². The lowest BCUT2D eigenvalue weighted by Gasteiger charge is -2.31. The van der Waals surface area contributed by atoms with E-state index in [1.54, 1.807) is 4.58 Å². The molecular formula is C27H43N4O4+. The second-order valence-corrected chi connectivity index (χ2v) is 10.9. The van der Waals surface area contributed by atoms with Gasteiger partial charge in [0.05, 0.1) is 13.2 Å². The molecule has 1 atom stereocenters. The van der Waals surface area contributed by atoms with Crippen LogP contribution in [0.4, 0.5) is 5.69 Å². The number of guanidine groups is 1. The number of hydrogen-bond acceptors (Lipinski definition) is 6. The smallest absolute Gasteiger partial charge is 0.349 e. The topological polar surface area (TPSA) is 96.9 Å². The minimum atomic E-state index is -0.309. The van der Waals surface area contributed by atoms with Gasteiger partial charge in [0.2, 0.25) is 5.91 Å². The Kier molecular flexibility index (Phi) is 9.03. The van der Waals surface area contributed by atoms with Gasteiger partial charge in [-0.2, -0.15) is 0 Å². The number of esters is 1. The summed E-state index contributed by atoms with van der Waals surface area (Å²) in [6.45, 7) is 9.05. The maximum absolute atomic E-state index is 12.5. The highest BCUT2D eigenvalue weighted by Crippen LogP contribution is 2.26. The maximum Gasteiger partial charge on any atom is 0.349 e. The zero-order valence-corrected chi connectivity index (χ0v) is 22.1. The molecule has 8 heteroatoms. The van der Waals surface area contributed by atoms with Gasteiger partial charge < -0.3 is 14.4 Å². The Morgan fingerprint density at radius 1 is 1.23 bits per heavy atom. The van der Waals surface area contributed by atoms with Gasteiger partial charge in [-0.1, -0.05) is 40.0 Å². The first-order valence-electron chi connectivity index (χ1n) is 12.9. The molecule has 0 saturated heterocycles. The largest absolute Gasteiger partial charge is 0.494 e.